The number of rotatable bonds is 9. The van der Waals surface area contributed by atoms with Crippen LogP contribution in [0.25, 0.3) is 0 Å². The summed E-state index contributed by atoms with van der Waals surface area (Å²) in [5.41, 5.74) is 7.38. The number of benzene rings is 6. The maximum atomic E-state index is 13.5. The number of carbonyl (C=O) groups excluding carboxylic acids is 3. The van der Waals surface area contributed by atoms with Crippen LogP contribution >= 0.6 is 23.5 Å². The molecule has 13 heteroatoms. The third-order valence-electron chi connectivity index (χ3n) is 10.4. The fourth-order valence-corrected chi connectivity index (χ4v) is 9.23. The van der Waals surface area contributed by atoms with Crippen molar-refractivity contribution in [1.82, 2.24) is 16.0 Å². The topological polar surface area (TPSA) is 121 Å². The minimum atomic E-state index is -0.532. The Hall–Kier alpha value is -6.41. The van der Waals surface area contributed by atoms with Crippen LogP contribution in [0.2, 0.25) is 0 Å². The molecule has 0 radical (unpaired) electrons. The van der Waals surface area contributed by atoms with Crippen molar-refractivity contribution >= 4 is 64.0 Å². The second-order valence-electron chi connectivity index (χ2n) is 14.8. The number of fused-ring (bicyclic) bond motifs is 4. The lowest BCUT2D eigenvalue weighted by molar-refractivity contribution is -0.122. The quantitative estimate of drug-likeness (QED) is 0.124. The van der Waals surface area contributed by atoms with Gasteiger partial charge in [0.2, 0.25) is 5.91 Å². The number of hydrogen-bond acceptors (Lipinski definition) is 8. The molecule has 0 aliphatic carbocycles. The van der Waals surface area contributed by atoms with Crippen LogP contribution in [0, 0.1) is 11.6 Å². The molecule has 1 saturated heterocycles. The van der Waals surface area contributed by atoms with E-state index in [2.05, 4.69) is 16.0 Å². The first kappa shape index (κ1) is 43.2. The maximum absolute atomic E-state index is 13.5. The lowest BCUT2D eigenvalue weighted by atomic mass is 10.0. The van der Waals surface area contributed by atoms with Crippen LogP contribution in [0.15, 0.2) is 163 Å². The molecule has 1 atom stereocenters. The molecule has 3 heterocycles. The number of nitrogens with one attached hydrogen (secondary N) is 3. The first-order valence-corrected chi connectivity index (χ1v) is 22.3. The fraction of sp³-hybridized carbons (Fsp3) is 0.180. The predicted molar refractivity (Wildman–Crippen MR) is 244 cm³/mol. The Morgan fingerprint density at radius 3 is 1.75 bits per heavy atom. The van der Waals surface area contributed by atoms with E-state index in [4.69, 9.17) is 14.7 Å². The number of hydrogen-bond donors (Lipinski definition) is 3. The van der Waals surface area contributed by atoms with Gasteiger partial charge in [-0.25, -0.2) is 18.8 Å². The molecule has 0 aromatic heterocycles. The standard InChI is InChI=1S/C26H22FN3O2S.C24H21FN2O2S/c27-18-11-8-16(9-12-18)24-19-5-1-2-7-22(19)33-23-13-10-17(15-21(23)29-24)25(31)30-20-6-3-4-14-28-26(20)32;1-2-29-14-13-26-24(28)17-9-12-22-20(15-17)27-23(16-7-10-18(25)11-8-16)19-5-3-4-6-21(19)30-22/h1-2,5,7-13,15,20H,3-4,6,14H2,(H,28,32)(H,30,31);3-12,15H,2,13-14H2,1H3,(H,26,28). The summed E-state index contributed by atoms with van der Waals surface area (Å²) in [5.74, 6) is -1.20. The van der Waals surface area contributed by atoms with Gasteiger partial charge < -0.3 is 20.7 Å². The molecule has 0 saturated carbocycles. The van der Waals surface area contributed by atoms with Crippen molar-refractivity contribution in [2.45, 2.75) is 51.8 Å². The van der Waals surface area contributed by atoms with E-state index >= 15 is 0 Å². The number of nitrogens with zero attached hydrogens (tertiary/aromatic N) is 2. The summed E-state index contributed by atoms with van der Waals surface area (Å²) in [7, 11) is 0. The molecule has 6 aromatic rings. The normalized spacial score (nSPS) is 15.1. The van der Waals surface area contributed by atoms with Crippen molar-refractivity contribution in [3.63, 3.8) is 0 Å². The summed E-state index contributed by atoms with van der Waals surface area (Å²) in [6.45, 7) is 4.11. The van der Waals surface area contributed by atoms with Gasteiger partial charge in [-0.1, -0.05) is 59.9 Å². The Bertz CT molecular complexity index is 2730. The first-order valence-electron chi connectivity index (χ1n) is 20.7. The molecule has 0 spiro atoms. The Labute approximate surface area is 372 Å². The van der Waals surface area contributed by atoms with E-state index in [-0.39, 0.29) is 29.4 Å². The number of halogens is 2. The summed E-state index contributed by atoms with van der Waals surface area (Å²) in [6, 6.07) is 38.9. The highest BCUT2D eigenvalue weighted by molar-refractivity contribution is 7.99. The third-order valence-corrected chi connectivity index (χ3v) is 12.7. The van der Waals surface area contributed by atoms with Crippen LogP contribution in [0.3, 0.4) is 0 Å². The summed E-state index contributed by atoms with van der Waals surface area (Å²) >= 11 is 3.19. The van der Waals surface area contributed by atoms with E-state index in [1.807, 2.05) is 73.7 Å². The van der Waals surface area contributed by atoms with Crippen LogP contribution in [0.5, 0.6) is 0 Å². The zero-order valence-electron chi connectivity index (χ0n) is 34.3. The zero-order valence-corrected chi connectivity index (χ0v) is 36.0. The number of aliphatic imine (C=N–C) groups is 2. The van der Waals surface area contributed by atoms with Gasteiger partial charge in [-0.15, -0.1) is 0 Å². The molecular formula is C50H43F2N5O4S2. The van der Waals surface area contributed by atoms with Gasteiger partial charge in [0.05, 0.1) is 29.4 Å². The molecule has 1 unspecified atom stereocenters. The predicted octanol–water partition coefficient (Wildman–Crippen LogP) is 10.1. The van der Waals surface area contributed by atoms with Crippen molar-refractivity contribution < 1.29 is 27.9 Å². The van der Waals surface area contributed by atoms with Crippen molar-refractivity contribution in [2.75, 3.05) is 26.3 Å². The Morgan fingerprint density at radius 1 is 0.683 bits per heavy atom. The van der Waals surface area contributed by atoms with Gasteiger partial charge in [0.15, 0.2) is 0 Å². The summed E-state index contributed by atoms with van der Waals surface area (Å²) in [4.78, 5) is 51.5. The molecule has 6 aromatic carbocycles. The average molecular weight is 880 g/mol. The van der Waals surface area contributed by atoms with E-state index in [9.17, 15) is 23.2 Å². The Balaban J connectivity index is 0.000000174. The number of ether oxygens (including phenoxy) is 1. The molecule has 3 N–H and O–H groups in total. The second kappa shape index (κ2) is 20.2. The summed E-state index contributed by atoms with van der Waals surface area (Å²) < 4.78 is 32.3. The van der Waals surface area contributed by atoms with Gasteiger partial charge in [0.25, 0.3) is 11.8 Å². The zero-order chi connectivity index (χ0) is 43.7. The van der Waals surface area contributed by atoms with Crippen LogP contribution in [-0.2, 0) is 9.53 Å². The van der Waals surface area contributed by atoms with Crippen LogP contribution in [0.1, 0.15) is 69.2 Å². The monoisotopic (exact) mass is 879 g/mol. The number of amides is 3. The van der Waals surface area contributed by atoms with E-state index in [1.165, 1.54) is 24.3 Å². The van der Waals surface area contributed by atoms with E-state index in [0.717, 1.165) is 66.1 Å². The molecule has 1 fully saturated rings. The molecule has 3 aliphatic rings. The maximum Gasteiger partial charge on any atom is 0.252 e. The van der Waals surface area contributed by atoms with Gasteiger partial charge >= 0.3 is 0 Å². The van der Waals surface area contributed by atoms with Crippen molar-refractivity contribution in [3.05, 3.63) is 178 Å². The van der Waals surface area contributed by atoms with Gasteiger partial charge in [-0.05, 0) is 123 Å². The molecule has 3 aliphatic heterocycles. The highest BCUT2D eigenvalue weighted by atomic mass is 32.2. The highest BCUT2D eigenvalue weighted by Gasteiger charge is 2.25. The van der Waals surface area contributed by atoms with Crippen molar-refractivity contribution in [2.24, 2.45) is 9.98 Å². The number of carbonyl (C=O) groups is 3. The minimum Gasteiger partial charge on any atom is -0.380 e. The van der Waals surface area contributed by atoms with Gasteiger partial charge in [-0.2, -0.15) is 0 Å². The lowest BCUT2D eigenvalue weighted by Gasteiger charge is -2.15. The largest absolute Gasteiger partial charge is 0.380 e. The SMILES string of the molecule is CCOCCNC(=O)c1ccc2c(c1)N=C(c1ccc(F)cc1)c1ccccc1S2.O=C(NC1CCCCNC1=O)c1ccc2c(c1)N=C(c1ccc(F)cc1)c1ccccc1S2. The van der Waals surface area contributed by atoms with Crippen LogP contribution < -0.4 is 16.0 Å². The molecule has 318 valence electrons. The van der Waals surface area contributed by atoms with Crippen molar-refractivity contribution in [1.29, 1.82) is 0 Å². The second-order valence-corrected chi connectivity index (χ2v) is 16.9. The highest BCUT2D eigenvalue weighted by Crippen LogP contribution is 2.43. The molecule has 0 bridgehead atoms. The Kier molecular flexibility index (Phi) is 13.9. The first-order chi connectivity index (χ1) is 30.7. The van der Waals surface area contributed by atoms with E-state index in [1.54, 1.807) is 66.0 Å². The van der Waals surface area contributed by atoms with Gasteiger partial charge in [-0.3, -0.25) is 14.4 Å². The van der Waals surface area contributed by atoms with Gasteiger partial charge in [0, 0.05) is 72.7 Å². The summed E-state index contributed by atoms with van der Waals surface area (Å²) in [6.07, 6.45) is 2.42. The van der Waals surface area contributed by atoms with Gasteiger partial charge in [0.1, 0.15) is 17.7 Å². The fourth-order valence-electron chi connectivity index (χ4n) is 7.22. The van der Waals surface area contributed by atoms with E-state index < -0.39 is 6.04 Å². The molecule has 63 heavy (non-hydrogen) atoms. The molecule has 3 amide bonds. The molecule has 9 nitrogen and oxygen atoms in total. The minimum absolute atomic E-state index is 0.141. The third kappa shape index (κ3) is 10.5. The molecule has 9 rings (SSSR count). The smallest absolute Gasteiger partial charge is 0.252 e. The average Bonchev–Trinajstić information content (AvgIpc) is 3.69. The Morgan fingerprint density at radius 2 is 1.21 bits per heavy atom. The molecular weight excluding hydrogens is 837 g/mol. The summed E-state index contributed by atoms with van der Waals surface area (Å²) in [5, 5.41) is 8.57. The van der Waals surface area contributed by atoms with E-state index in [0.29, 0.717) is 55.2 Å². The van der Waals surface area contributed by atoms with Crippen molar-refractivity contribution in [3.8, 4) is 0 Å². The lowest BCUT2D eigenvalue weighted by Crippen LogP contribution is -2.45. The van der Waals surface area contributed by atoms with Crippen LogP contribution in [0.4, 0.5) is 20.2 Å². The van der Waals surface area contributed by atoms with Crippen LogP contribution in [-0.4, -0.2) is 61.5 Å².